The Morgan fingerprint density at radius 1 is 0.447 bits per heavy atom. The lowest BCUT2D eigenvalue weighted by Gasteiger charge is -2.13. The molecule has 1 aromatic carbocycles. The van der Waals surface area contributed by atoms with E-state index in [0.29, 0.717) is 137 Å². The molecule has 0 radical (unpaired) electrons. The predicted octanol–water partition coefficient (Wildman–Crippen LogP) is 1.01. The fraction of sp³-hybridized carbons (Fsp3) is 0.719. The van der Waals surface area contributed by atoms with Crippen LogP contribution in [-0.4, -0.2) is 168 Å². The van der Waals surface area contributed by atoms with E-state index in [1.807, 2.05) is 0 Å². The summed E-state index contributed by atoms with van der Waals surface area (Å²) in [4.78, 5) is 36.4. The average Bonchev–Trinajstić information content (AvgIpc) is 3.31. The molecule has 1 aliphatic heterocycles. The van der Waals surface area contributed by atoms with E-state index in [4.69, 9.17) is 52.1 Å². The van der Waals surface area contributed by atoms with Gasteiger partial charge in [0.1, 0.15) is 6.61 Å². The van der Waals surface area contributed by atoms with Gasteiger partial charge < -0.3 is 52.1 Å². The standard InChI is InChI=1S/C32H51NO14/c1-28(34)47-27-26-46-25-24-45-23-22-44-21-20-43-19-18-42-17-16-41-15-14-40-13-12-39-11-10-38-9-8-37-7-6-33-31(35)29-4-2-3-5-30(29)32(33)36/h2-5H,6-27H2,1H3. The number of fused-ring (bicyclic) bond motifs is 1. The second-order valence-electron chi connectivity index (χ2n) is 9.77. The van der Waals surface area contributed by atoms with E-state index < -0.39 is 0 Å². The Bertz CT molecular complexity index is 930. The summed E-state index contributed by atoms with van der Waals surface area (Å²) in [5.74, 6) is -0.879. The van der Waals surface area contributed by atoms with Gasteiger partial charge in [0, 0.05) is 6.92 Å². The van der Waals surface area contributed by atoms with Gasteiger partial charge in [0.2, 0.25) is 0 Å². The monoisotopic (exact) mass is 673 g/mol. The first-order valence-electron chi connectivity index (χ1n) is 16.0. The van der Waals surface area contributed by atoms with Crippen molar-refractivity contribution < 1.29 is 66.5 Å². The number of benzene rings is 1. The van der Waals surface area contributed by atoms with Crippen molar-refractivity contribution in [3.63, 3.8) is 0 Å². The molecule has 1 aliphatic rings. The largest absolute Gasteiger partial charge is 0.463 e. The molecule has 0 saturated carbocycles. The molecule has 2 rings (SSSR count). The third-order valence-corrected chi connectivity index (χ3v) is 6.22. The maximum atomic E-state index is 12.3. The lowest BCUT2D eigenvalue weighted by molar-refractivity contribution is -0.142. The van der Waals surface area contributed by atoms with Gasteiger partial charge in [-0.15, -0.1) is 0 Å². The van der Waals surface area contributed by atoms with Crippen molar-refractivity contribution in [2.75, 3.05) is 145 Å². The van der Waals surface area contributed by atoms with Crippen LogP contribution in [0, 0.1) is 0 Å². The van der Waals surface area contributed by atoms with Gasteiger partial charge in [-0.3, -0.25) is 19.3 Å². The second-order valence-corrected chi connectivity index (χ2v) is 9.77. The molecule has 0 unspecified atom stereocenters. The SMILES string of the molecule is CC(=O)OCCOCCOCCOCCOCCOCCOCCOCCOCCOCCOCCN1C(=O)c2ccccc2C1=O. The molecule has 0 N–H and O–H groups in total. The van der Waals surface area contributed by atoms with Gasteiger partial charge in [0.25, 0.3) is 11.8 Å². The Morgan fingerprint density at radius 2 is 0.702 bits per heavy atom. The van der Waals surface area contributed by atoms with Crippen LogP contribution in [0.5, 0.6) is 0 Å². The minimum absolute atomic E-state index is 0.211. The molecule has 0 aliphatic carbocycles. The predicted molar refractivity (Wildman–Crippen MR) is 167 cm³/mol. The number of carbonyl (C=O) groups excluding carboxylic acids is 3. The summed E-state index contributed by atoms with van der Waals surface area (Å²) < 4.78 is 59.0. The first-order chi connectivity index (χ1) is 23.1. The molecule has 1 heterocycles. The van der Waals surface area contributed by atoms with E-state index in [2.05, 4.69) is 0 Å². The van der Waals surface area contributed by atoms with Crippen LogP contribution in [0.3, 0.4) is 0 Å². The molecule has 0 atom stereocenters. The van der Waals surface area contributed by atoms with Crippen molar-refractivity contribution in [2.45, 2.75) is 6.92 Å². The molecular weight excluding hydrogens is 622 g/mol. The van der Waals surface area contributed by atoms with Crippen LogP contribution in [0.2, 0.25) is 0 Å². The molecule has 2 amide bonds. The Kier molecular flexibility index (Phi) is 24.6. The molecular formula is C32H51NO14. The first kappa shape index (κ1) is 40.6. The average molecular weight is 674 g/mol. The summed E-state index contributed by atoms with van der Waals surface area (Å²) in [6.07, 6.45) is 0. The Morgan fingerprint density at radius 3 is 0.979 bits per heavy atom. The van der Waals surface area contributed by atoms with Gasteiger partial charge >= 0.3 is 5.97 Å². The van der Waals surface area contributed by atoms with Crippen LogP contribution in [0.15, 0.2) is 24.3 Å². The number of hydrogen-bond donors (Lipinski definition) is 0. The number of amides is 2. The highest BCUT2D eigenvalue weighted by Crippen LogP contribution is 2.21. The third kappa shape index (κ3) is 20.4. The van der Waals surface area contributed by atoms with Gasteiger partial charge in [0.05, 0.1) is 150 Å². The maximum Gasteiger partial charge on any atom is 0.302 e. The molecule has 0 fully saturated rings. The molecule has 0 saturated heterocycles. The van der Waals surface area contributed by atoms with Crippen molar-refractivity contribution in [3.8, 4) is 0 Å². The van der Waals surface area contributed by atoms with E-state index >= 15 is 0 Å². The number of imide groups is 1. The van der Waals surface area contributed by atoms with E-state index in [0.717, 1.165) is 0 Å². The maximum absolute atomic E-state index is 12.3. The summed E-state index contributed by atoms with van der Waals surface area (Å²) >= 11 is 0. The van der Waals surface area contributed by atoms with Gasteiger partial charge in [-0.05, 0) is 12.1 Å². The highest BCUT2D eigenvalue weighted by Gasteiger charge is 2.34. The van der Waals surface area contributed by atoms with Crippen molar-refractivity contribution in [3.05, 3.63) is 35.4 Å². The van der Waals surface area contributed by atoms with E-state index in [-0.39, 0.29) is 37.5 Å². The molecule has 1 aromatic rings. The van der Waals surface area contributed by atoms with Gasteiger partial charge in [-0.25, -0.2) is 0 Å². The van der Waals surface area contributed by atoms with Gasteiger partial charge in [-0.1, -0.05) is 12.1 Å². The minimum Gasteiger partial charge on any atom is -0.463 e. The van der Waals surface area contributed by atoms with E-state index in [9.17, 15) is 14.4 Å². The number of carbonyl (C=O) groups is 3. The third-order valence-electron chi connectivity index (χ3n) is 6.22. The smallest absolute Gasteiger partial charge is 0.302 e. The van der Waals surface area contributed by atoms with Crippen molar-refractivity contribution in [1.82, 2.24) is 4.90 Å². The number of ether oxygens (including phenoxy) is 11. The summed E-state index contributed by atoms with van der Waals surface area (Å²) in [7, 11) is 0. The van der Waals surface area contributed by atoms with Crippen molar-refractivity contribution in [2.24, 2.45) is 0 Å². The number of rotatable bonds is 33. The highest BCUT2D eigenvalue weighted by atomic mass is 16.6. The Hall–Kier alpha value is -2.57. The fourth-order valence-electron chi connectivity index (χ4n) is 3.92. The topological polar surface area (TPSA) is 156 Å². The van der Waals surface area contributed by atoms with Crippen LogP contribution in [-0.2, 0) is 56.9 Å². The van der Waals surface area contributed by atoms with Crippen LogP contribution < -0.4 is 0 Å². The molecule has 0 bridgehead atoms. The van der Waals surface area contributed by atoms with Gasteiger partial charge in [-0.2, -0.15) is 0 Å². The lowest BCUT2D eigenvalue weighted by Crippen LogP contribution is -2.33. The van der Waals surface area contributed by atoms with Gasteiger partial charge in [0.15, 0.2) is 0 Å². The zero-order valence-corrected chi connectivity index (χ0v) is 27.5. The molecule has 268 valence electrons. The summed E-state index contributed by atoms with van der Waals surface area (Å²) in [5, 5.41) is 0. The summed E-state index contributed by atoms with van der Waals surface area (Å²) in [6, 6.07) is 6.81. The first-order valence-corrected chi connectivity index (χ1v) is 16.0. The fourth-order valence-corrected chi connectivity index (χ4v) is 3.92. The Balaban J connectivity index is 1.18. The van der Waals surface area contributed by atoms with E-state index in [1.165, 1.54) is 11.8 Å². The van der Waals surface area contributed by atoms with Crippen LogP contribution >= 0.6 is 0 Å². The molecule has 0 aromatic heterocycles. The summed E-state index contributed by atoms with van der Waals surface area (Å²) in [6.45, 7) is 10.6. The van der Waals surface area contributed by atoms with Crippen LogP contribution in [0.25, 0.3) is 0 Å². The van der Waals surface area contributed by atoms with Crippen LogP contribution in [0.1, 0.15) is 27.6 Å². The molecule has 47 heavy (non-hydrogen) atoms. The van der Waals surface area contributed by atoms with Crippen LogP contribution in [0.4, 0.5) is 0 Å². The zero-order valence-electron chi connectivity index (χ0n) is 27.5. The normalized spacial score (nSPS) is 12.7. The minimum atomic E-state index is -0.317. The Labute approximate surface area is 276 Å². The van der Waals surface area contributed by atoms with E-state index in [1.54, 1.807) is 24.3 Å². The number of esters is 1. The second kappa shape index (κ2) is 28.4. The molecule has 0 spiro atoms. The lowest BCUT2D eigenvalue weighted by atomic mass is 10.1. The number of hydrogen-bond acceptors (Lipinski definition) is 14. The zero-order chi connectivity index (χ0) is 33.6. The molecule has 15 nitrogen and oxygen atoms in total. The molecule has 15 heteroatoms. The van der Waals surface area contributed by atoms with Crippen molar-refractivity contribution >= 4 is 17.8 Å². The quantitative estimate of drug-likeness (QED) is 0.0592. The highest BCUT2D eigenvalue weighted by molar-refractivity contribution is 6.21. The van der Waals surface area contributed by atoms with Crippen molar-refractivity contribution in [1.29, 1.82) is 0 Å². The summed E-state index contributed by atoms with van der Waals surface area (Å²) in [5.41, 5.74) is 0.877. The number of nitrogens with zero attached hydrogens (tertiary/aromatic N) is 1.